The van der Waals surface area contributed by atoms with Crippen LogP contribution in [-0.2, 0) is 0 Å². The van der Waals surface area contributed by atoms with Crippen LogP contribution in [0.5, 0.6) is 17.2 Å². The SMILES string of the molecule is COc1cc(OC)c(-c2ccc(C=O)c(F)c2)c(OC)c1. The summed E-state index contributed by atoms with van der Waals surface area (Å²) in [7, 11) is 4.55. The van der Waals surface area contributed by atoms with E-state index >= 15 is 0 Å². The Bertz CT molecular complexity index is 642. The van der Waals surface area contributed by atoms with Crippen molar-refractivity contribution in [1.29, 1.82) is 0 Å². The maximum absolute atomic E-state index is 13.8. The number of halogens is 1. The first-order valence-corrected chi connectivity index (χ1v) is 6.19. The molecule has 2 aromatic rings. The Morgan fingerprint density at radius 1 is 0.952 bits per heavy atom. The maximum Gasteiger partial charge on any atom is 0.152 e. The summed E-state index contributed by atoms with van der Waals surface area (Å²) in [6.07, 6.45) is 0.474. The van der Waals surface area contributed by atoms with Gasteiger partial charge < -0.3 is 14.2 Å². The first kappa shape index (κ1) is 14.8. The van der Waals surface area contributed by atoms with Crippen molar-refractivity contribution in [2.75, 3.05) is 21.3 Å². The molecular weight excluding hydrogens is 275 g/mol. The molecule has 0 radical (unpaired) electrons. The van der Waals surface area contributed by atoms with Crippen LogP contribution in [0.1, 0.15) is 10.4 Å². The van der Waals surface area contributed by atoms with Gasteiger partial charge in [-0.1, -0.05) is 6.07 Å². The average Bonchev–Trinajstić information content (AvgIpc) is 2.53. The number of carbonyl (C=O) groups excluding carboxylic acids is 1. The van der Waals surface area contributed by atoms with Crippen molar-refractivity contribution in [3.8, 4) is 28.4 Å². The monoisotopic (exact) mass is 290 g/mol. The number of hydrogen-bond acceptors (Lipinski definition) is 4. The fourth-order valence-corrected chi connectivity index (χ4v) is 2.07. The highest BCUT2D eigenvalue weighted by molar-refractivity contribution is 5.82. The minimum atomic E-state index is -0.595. The average molecular weight is 290 g/mol. The van der Waals surface area contributed by atoms with Gasteiger partial charge in [-0.25, -0.2) is 4.39 Å². The molecule has 0 bridgehead atoms. The summed E-state index contributed by atoms with van der Waals surface area (Å²) >= 11 is 0. The van der Waals surface area contributed by atoms with Crippen LogP contribution in [0.15, 0.2) is 30.3 Å². The molecule has 0 atom stereocenters. The zero-order valence-electron chi connectivity index (χ0n) is 12.0. The molecule has 0 fully saturated rings. The predicted octanol–water partition coefficient (Wildman–Crippen LogP) is 3.33. The van der Waals surface area contributed by atoms with Crippen LogP contribution in [0.25, 0.3) is 11.1 Å². The summed E-state index contributed by atoms with van der Waals surface area (Å²) in [4.78, 5) is 10.7. The van der Waals surface area contributed by atoms with Gasteiger partial charge >= 0.3 is 0 Å². The normalized spacial score (nSPS) is 10.1. The Morgan fingerprint density at radius 2 is 1.57 bits per heavy atom. The van der Waals surface area contributed by atoms with Gasteiger partial charge in [0.05, 0.1) is 32.5 Å². The number of rotatable bonds is 5. The Morgan fingerprint density at radius 3 is 2.00 bits per heavy atom. The van der Waals surface area contributed by atoms with E-state index in [1.807, 2.05) is 0 Å². The van der Waals surface area contributed by atoms with Gasteiger partial charge in [0.15, 0.2) is 6.29 Å². The lowest BCUT2D eigenvalue weighted by Crippen LogP contribution is -1.96. The smallest absolute Gasteiger partial charge is 0.152 e. The quantitative estimate of drug-likeness (QED) is 0.792. The molecule has 0 spiro atoms. The molecule has 2 aromatic carbocycles. The van der Waals surface area contributed by atoms with E-state index in [1.165, 1.54) is 33.5 Å². The second-order valence-corrected chi connectivity index (χ2v) is 4.26. The standard InChI is InChI=1S/C16H15FO4/c1-19-12-7-14(20-2)16(15(8-12)21-3)10-4-5-11(9-18)13(17)6-10/h4-9H,1-3H3. The fourth-order valence-electron chi connectivity index (χ4n) is 2.07. The number of ether oxygens (including phenoxy) is 3. The Hall–Kier alpha value is -2.56. The molecule has 0 aliphatic rings. The summed E-state index contributed by atoms with van der Waals surface area (Å²) in [6.45, 7) is 0. The molecule has 0 aromatic heterocycles. The van der Waals surface area contributed by atoms with E-state index in [4.69, 9.17) is 14.2 Å². The summed E-state index contributed by atoms with van der Waals surface area (Å²) in [6, 6.07) is 7.70. The van der Waals surface area contributed by atoms with Crippen LogP contribution < -0.4 is 14.2 Å². The zero-order chi connectivity index (χ0) is 15.4. The maximum atomic E-state index is 13.8. The van der Waals surface area contributed by atoms with Crippen LogP contribution in [0.3, 0.4) is 0 Å². The largest absolute Gasteiger partial charge is 0.496 e. The Kier molecular flexibility index (Phi) is 4.42. The molecule has 0 amide bonds. The van der Waals surface area contributed by atoms with Gasteiger partial charge in [0.25, 0.3) is 0 Å². The minimum absolute atomic E-state index is 0.00481. The van der Waals surface area contributed by atoms with E-state index in [0.717, 1.165) is 0 Å². The lowest BCUT2D eigenvalue weighted by molar-refractivity contribution is 0.112. The number of aldehydes is 1. The van der Waals surface area contributed by atoms with E-state index in [9.17, 15) is 9.18 Å². The van der Waals surface area contributed by atoms with E-state index in [-0.39, 0.29) is 5.56 Å². The van der Waals surface area contributed by atoms with Gasteiger partial charge in [0.2, 0.25) is 0 Å². The van der Waals surface area contributed by atoms with Crippen molar-refractivity contribution in [3.05, 3.63) is 41.7 Å². The topological polar surface area (TPSA) is 44.8 Å². The summed E-state index contributed by atoms with van der Waals surface area (Å²) in [5, 5.41) is 0. The first-order chi connectivity index (χ1) is 10.1. The highest BCUT2D eigenvalue weighted by Crippen LogP contribution is 2.41. The molecule has 2 rings (SSSR count). The fraction of sp³-hybridized carbons (Fsp3) is 0.188. The third kappa shape index (κ3) is 2.81. The number of benzene rings is 2. The van der Waals surface area contributed by atoms with Crippen LogP contribution >= 0.6 is 0 Å². The van der Waals surface area contributed by atoms with E-state index in [1.54, 1.807) is 18.2 Å². The van der Waals surface area contributed by atoms with Crippen molar-refractivity contribution in [3.63, 3.8) is 0 Å². The first-order valence-electron chi connectivity index (χ1n) is 6.19. The third-order valence-corrected chi connectivity index (χ3v) is 3.13. The van der Waals surface area contributed by atoms with E-state index in [2.05, 4.69) is 0 Å². The molecule has 5 heteroatoms. The third-order valence-electron chi connectivity index (χ3n) is 3.13. The molecular formula is C16H15FO4. The predicted molar refractivity (Wildman–Crippen MR) is 76.9 cm³/mol. The Labute approximate surface area is 122 Å². The molecule has 0 saturated carbocycles. The van der Waals surface area contributed by atoms with Crippen molar-refractivity contribution in [2.24, 2.45) is 0 Å². The van der Waals surface area contributed by atoms with Gasteiger partial charge in [0, 0.05) is 12.1 Å². The molecule has 0 N–H and O–H groups in total. The van der Waals surface area contributed by atoms with E-state index in [0.29, 0.717) is 34.7 Å². The van der Waals surface area contributed by atoms with Gasteiger partial charge in [-0.3, -0.25) is 4.79 Å². The second-order valence-electron chi connectivity index (χ2n) is 4.26. The number of hydrogen-bond donors (Lipinski definition) is 0. The van der Waals surface area contributed by atoms with Gasteiger partial charge in [-0.15, -0.1) is 0 Å². The number of methoxy groups -OCH3 is 3. The molecule has 0 saturated heterocycles. The second kappa shape index (κ2) is 6.26. The molecule has 21 heavy (non-hydrogen) atoms. The summed E-state index contributed by atoms with van der Waals surface area (Å²) in [5.41, 5.74) is 1.15. The highest BCUT2D eigenvalue weighted by atomic mass is 19.1. The minimum Gasteiger partial charge on any atom is -0.496 e. The van der Waals surface area contributed by atoms with Crippen molar-refractivity contribution < 1.29 is 23.4 Å². The molecule has 0 heterocycles. The number of carbonyl (C=O) groups is 1. The van der Waals surface area contributed by atoms with Gasteiger partial charge in [-0.05, 0) is 17.7 Å². The van der Waals surface area contributed by atoms with Crippen LogP contribution in [0, 0.1) is 5.82 Å². The molecule has 0 aliphatic heterocycles. The van der Waals surface area contributed by atoms with Crippen LogP contribution in [0.4, 0.5) is 4.39 Å². The Balaban J connectivity index is 2.66. The summed E-state index contributed by atoms with van der Waals surface area (Å²) in [5.74, 6) is 0.953. The zero-order valence-corrected chi connectivity index (χ0v) is 12.0. The van der Waals surface area contributed by atoms with Crippen molar-refractivity contribution >= 4 is 6.29 Å². The molecule has 0 unspecified atom stereocenters. The molecule has 0 aliphatic carbocycles. The van der Waals surface area contributed by atoms with E-state index < -0.39 is 5.82 Å². The van der Waals surface area contributed by atoms with Gasteiger partial charge in [0.1, 0.15) is 23.1 Å². The van der Waals surface area contributed by atoms with Crippen LogP contribution in [0.2, 0.25) is 0 Å². The lowest BCUT2D eigenvalue weighted by Gasteiger charge is -2.15. The lowest BCUT2D eigenvalue weighted by atomic mass is 10.0. The van der Waals surface area contributed by atoms with Crippen molar-refractivity contribution in [1.82, 2.24) is 0 Å². The highest BCUT2D eigenvalue weighted by Gasteiger charge is 2.16. The molecule has 4 nitrogen and oxygen atoms in total. The molecule has 110 valence electrons. The summed E-state index contributed by atoms with van der Waals surface area (Å²) < 4.78 is 29.6. The van der Waals surface area contributed by atoms with Crippen molar-refractivity contribution in [2.45, 2.75) is 0 Å². The van der Waals surface area contributed by atoms with Crippen LogP contribution in [-0.4, -0.2) is 27.6 Å². The van der Waals surface area contributed by atoms with Gasteiger partial charge in [-0.2, -0.15) is 0 Å².